The minimum absolute atomic E-state index is 0.261. The van der Waals surface area contributed by atoms with E-state index < -0.39 is 0 Å². The Morgan fingerprint density at radius 3 is 1.25 bits per heavy atom. The molecule has 2 nitrogen and oxygen atoms in total. The van der Waals surface area contributed by atoms with Crippen LogP contribution in [0.15, 0.2) is 243 Å². The first-order chi connectivity index (χ1) is 32.0. The molecule has 0 aromatic heterocycles. The van der Waals surface area contributed by atoms with Gasteiger partial charge in [-0.2, -0.15) is 0 Å². The van der Waals surface area contributed by atoms with Gasteiger partial charge >= 0.3 is 0 Å². The Kier molecular flexibility index (Phi) is 10.4. The van der Waals surface area contributed by atoms with Gasteiger partial charge in [0.05, 0.1) is 5.69 Å². The van der Waals surface area contributed by atoms with E-state index in [0.29, 0.717) is 0 Å². The monoisotopic (exact) mass is 834 g/mol. The molecule has 0 spiro atoms. The molecule has 2 aliphatic rings. The van der Waals surface area contributed by atoms with Crippen LogP contribution in [-0.2, 0) is 5.41 Å². The van der Waals surface area contributed by atoms with Crippen molar-refractivity contribution in [3.05, 3.63) is 259 Å². The molecule has 0 bridgehead atoms. The summed E-state index contributed by atoms with van der Waals surface area (Å²) in [6, 6.07) is 82.1. The summed E-state index contributed by atoms with van der Waals surface area (Å²) in [6.45, 7) is 4.77. The summed E-state index contributed by atoms with van der Waals surface area (Å²) in [5.74, 6) is 0. The van der Waals surface area contributed by atoms with Crippen LogP contribution in [0.3, 0.4) is 0 Å². The van der Waals surface area contributed by atoms with E-state index >= 15 is 0 Å². The summed E-state index contributed by atoms with van der Waals surface area (Å²) in [7, 11) is 0. The van der Waals surface area contributed by atoms with Crippen LogP contribution in [0.25, 0.3) is 50.1 Å². The van der Waals surface area contributed by atoms with Crippen molar-refractivity contribution in [2.45, 2.75) is 32.1 Å². The van der Waals surface area contributed by atoms with Crippen molar-refractivity contribution < 1.29 is 0 Å². The molecule has 2 heteroatoms. The molecule has 0 N–H and O–H groups in total. The Labute approximate surface area is 383 Å². The van der Waals surface area contributed by atoms with Crippen LogP contribution in [0.4, 0.5) is 34.1 Å². The van der Waals surface area contributed by atoms with Crippen molar-refractivity contribution >= 4 is 39.7 Å². The van der Waals surface area contributed by atoms with Crippen LogP contribution >= 0.6 is 0 Å². The molecule has 0 saturated carbocycles. The smallest absolute Gasteiger partial charge is 0.0543 e. The van der Waals surface area contributed by atoms with Crippen LogP contribution in [0, 0.1) is 0 Å². The molecule has 312 valence electrons. The standard InChI is InChI=1S/C63H50N2/c1-63(2)59-24-15-25-61(65(55-38-30-51(31-39-55)47-20-11-5-12-21-47)56-40-32-52(33-41-56)48-22-13-6-14-23-48)62(59)58-43-42-57(44-60(58)63)64(53-34-26-49(27-35-53)45-16-7-3-8-17-45)54-36-28-50(29-37-54)46-18-9-4-10-19-46/h3-5,7-13,15-44H,6,14H2,1-2H3. The van der Waals surface area contributed by atoms with Gasteiger partial charge in [-0.25, -0.2) is 0 Å². The number of benzene rings is 9. The number of nitrogens with zero attached hydrogens (tertiary/aromatic N) is 2. The van der Waals surface area contributed by atoms with Gasteiger partial charge in [-0.1, -0.05) is 190 Å². The summed E-state index contributed by atoms with van der Waals surface area (Å²) in [4.78, 5) is 4.86. The molecule has 2 aliphatic carbocycles. The Bertz CT molecular complexity index is 3080. The van der Waals surface area contributed by atoms with Crippen molar-refractivity contribution in [3.8, 4) is 44.5 Å². The van der Waals surface area contributed by atoms with Gasteiger partial charge in [-0.05, 0) is 141 Å². The summed E-state index contributed by atoms with van der Waals surface area (Å²) in [5, 5.41) is 0. The van der Waals surface area contributed by atoms with Crippen molar-refractivity contribution in [2.75, 3.05) is 9.80 Å². The van der Waals surface area contributed by atoms with E-state index in [9.17, 15) is 0 Å². The summed E-state index contributed by atoms with van der Waals surface area (Å²) < 4.78 is 0. The molecule has 0 atom stereocenters. The van der Waals surface area contributed by atoms with Gasteiger partial charge in [0.15, 0.2) is 0 Å². The van der Waals surface area contributed by atoms with Crippen molar-refractivity contribution in [1.29, 1.82) is 0 Å². The fourth-order valence-corrected chi connectivity index (χ4v) is 9.89. The molecule has 0 unspecified atom stereocenters. The number of allylic oxidation sites excluding steroid dienone is 4. The number of anilines is 6. The molecule has 9 aromatic carbocycles. The maximum absolute atomic E-state index is 2.45. The molecule has 0 fully saturated rings. The third-order valence-electron chi connectivity index (χ3n) is 13.3. The summed E-state index contributed by atoms with van der Waals surface area (Å²) in [6.07, 6.45) is 9.09. The average molecular weight is 835 g/mol. The van der Waals surface area contributed by atoms with Crippen molar-refractivity contribution in [1.82, 2.24) is 0 Å². The van der Waals surface area contributed by atoms with Gasteiger partial charge in [0.25, 0.3) is 0 Å². The van der Waals surface area contributed by atoms with E-state index in [4.69, 9.17) is 0 Å². The predicted octanol–water partition coefficient (Wildman–Crippen LogP) is 17.7. The number of fused-ring (bicyclic) bond motifs is 3. The van der Waals surface area contributed by atoms with Gasteiger partial charge in [-0.15, -0.1) is 0 Å². The third kappa shape index (κ3) is 7.58. The second-order valence-corrected chi connectivity index (χ2v) is 17.7. The molecule has 11 rings (SSSR count). The Balaban J connectivity index is 1.03. The van der Waals surface area contributed by atoms with E-state index in [1.165, 1.54) is 72.5 Å². The first-order valence-corrected chi connectivity index (χ1v) is 22.8. The average Bonchev–Trinajstić information content (AvgIpc) is 3.61. The molecule has 65 heavy (non-hydrogen) atoms. The van der Waals surface area contributed by atoms with E-state index in [-0.39, 0.29) is 5.41 Å². The quantitative estimate of drug-likeness (QED) is 0.135. The molecular weight excluding hydrogens is 785 g/mol. The zero-order valence-corrected chi connectivity index (χ0v) is 36.9. The zero-order chi connectivity index (χ0) is 43.7. The highest BCUT2D eigenvalue weighted by Gasteiger charge is 2.38. The number of hydrogen-bond donors (Lipinski definition) is 0. The SMILES string of the molecule is CC1(C)c2cc(N(c3ccc(-c4ccccc4)cc3)c3ccc(-c4ccccc4)cc3)ccc2-c2c(N(c3ccc(C4=CCCC=C4)cc3)c3ccc(-c4ccccc4)cc3)cccc21. The number of hydrogen-bond acceptors (Lipinski definition) is 2. The maximum atomic E-state index is 2.45. The summed E-state index contributed by atoms with van der Waals surface area (Å²) in [5.41, 5.74) is 21.5. The van der Waals surface area contributed by atoms with Gasteiger partial charge in [-0.3, -0.25) is 0 Å². The Morgan fingerprint density at radius 1 is 0.354 bits per heavy atom. The van der Waals surface area contributed by atoms with Crippen LogP contribution in [0.2, 0.25) is 0 Å². The number of rotatable bonds is 10. The van der Waals surface area contributed by atoms with Crippen LogP contribution in [-0.4, -0.2) is 0 Å². The second kappa shape index (κ2) is 17.0. The highest BCUT2D eigenvalue weighted by Crippen LogP contribution is 2.55. The maximum Gasteiger partial charge on any atom is 0.0543 e. The lowest BCUT2D eigenvalue weighted by molar-refractivity contribution is 0.660. The van der Waals surface area contributed by atoms with Crippen LogP contribution < -0.4 is 9.80 Å². The lowest BCUT2D eigenvalue weighted by atomic mass is 9.82. The first-order valence-electron chi connectivity index (χ1n) is 22.8. The first kappa shape index (κ1) is 39.9. The largest absolute Gasteiger partial charge is 0.310 e. The highest BCUT2D eigenvalue weighted by molar-refractivity contribution is 5.96. The van der Waals surface area contributed by atoms with E-state index in [1.807, 2.05) is 0 Å². The van der Waals surface area contributed by atoms with E-state index in [2.05, 4.69) is 266 Å². The second-order valence-electron chi connectivity index (χ2n) is 17.7. The van der Waals surface area contributed by atoms with Gasteiger partial charge < -0.3 is 9.80 Å². The molecular formula is C63H50N2. The third-order valence-corrected chi connectivity index (χ3v) is 13.3. The van der Waals surface area contributed by atoms with E-state index in [1.54, 1.807) is 0 Å². The Morgan fingerprint density at radius 2 is 0.785 bits per heavy atom. The van der Waals surface area contributed by atoms with Gasteiger partial charge in [0.2, 0.25) is 0 Å². The molecule has 0 saturated heterocycles. The Hall–Kier alpha value is -7.94. The minimum Gasteiger partial charge on any atom is -0.310 e. The highest BCUT2D eigenvalue weighted by atomic mass is 15.2. The normalized spacial score (nSPS) is 13.4. The fourth-order valence-electron chi connectivity index (χ4n) is 9.89. The molecule has 0 radical (unpaired) electrons. The molecule has 0 amide bonds. The van der Waals surface area contributed by atoms with Crippen molar-refractivity contribution in [3.63, 3.8) is 0 Å². The lowest BCUT2D eigenvalue weighted by Crippen LogP contribution is -2.17. The zero-order valence-electron chi connectivity index (χ0n) is 36.9. The van der Waals surface area contributed by atoms with Crippen LogP contribution in [0.1, 0.15) is 43.4 Å². The topological polar surface area (TPSA) is 6.48 Å². The predicted molar refractivity (Wildman–Crippen MR) is 276 cm³/mol. The minimum atomic E-state index is -0.261. The van der Waals surface area contributed by atoms with Crippen LogP contribution in [0.5, 0.6) is 0 Å². The summed E-state index contributed by atoms with van der Waals surface area (Å²) >= 11 is 0. The molecule has 0 aliphatic heterocycles. The van der Waals surface area contributed by atoms with Gasteiger partial charge in [0.1, 0.15) is 0 Å². The lowest BCUT2D eigenvalue weighted by Gasteiger charge is -2.29. The fraction of sp³-hybridized carbons (Fsp3) is 0.0794. The van der Waals surface area contributed by atoms with Gasteiger partial charge in [0, 0.05) is 39.4 Å². The van der Waals surface area contributed by atoms with Crippen molar-refractivity contribution in [2.24, 2.45) is 0 Å². The van der Waals surface area contributed by atoms with E-state index in [0.717, 1.165) is 41.3 Å². The molecule has 9 aromatic rings. The molecule has 0 heterocycles.